The number of ether oxygens (including phenoxy) is 1. The van der Waals surface area contributed by atoms with Gasteiger partial charge in [-0.2, -0.15) is 5.10 Å². The zero-order chi connectivity index (χ0) is 18.3. The van der Waals surface area contributed by atoms with E-state index in [1.807, 2.05) is 11.7 Å². The van der Waals surface area contributed by atoms with E-state index < -0.39 is 0 Å². The Hall–Kier alpha value is -2.28. The predicted molar refractivity (Wildman–Crippen MR) is 102 cm³/mol. The first-order valence-corrected chi connectivity index (χ1v) is 9.39. The number of aromatic nitrogens is 3. The van der Waals surface area contributed by atoms with Gasteiger partial charge in [-0.25, -0.2) is 0 Å². The van der Waals surface area contributed by atoms with E-state index in [4.69, 9.17) is 4.74 Å². The topological polar surface area (TPSA) is 66.4 Å². The number of morpholine rings is 1. The van der Waals surface area contributed by atoms with Gasteiger partial charge >= 0.3 is 0 Å². The molecule has 7 nitrogen and oxygen atoms in total. The van der Waals surface area contributed by atoms with Crippen LogP contribution >= 0.6 is 0 Å². The molecule has 26 heavy (non-hydrogen) atoms. The standard InChI is InChI=1S/C19H27N5O2/c1-13-9-16(21-22(13)3)17-5-4-6-24(17)18-10-15(11-19(25)20-18)23-7-8-26-12-14(23)2/h9-11,14,17H,4-8,12H2,1-3H3,(H,20,25)/t14-,17-/m1/s1. The molecule has 2 saturated heterocycles. The summed E-state index contributed by atoms with van der Waals surface area (Å²) in [5.41, 5.74) is 3.14. The number of H-pyrrole nitrogens is 1. The molecule has 4 heterocycles. The number of anilines is 2. The Morgan fingerprint density at radius 3 is 2.81 bits per heavy atom. The van der Waals surface area contributed by atoms with Crippen molar-refractivity contribution in [2.24, 2.45) is 7.05 Å². The van der Waals surface area contributed by atoms with E-state index in [1.54, 1.807) is 6.07 Å². The molecule has 2 aromatic rings. The van der Waals surface area contributed by atoms with Crippen molar-refractivity contribution in [2.45, 2.75) is 38.8 Å². The maximum absolute atomic E-state index is 12.4. The fraction of sp³-hybridized carbons (Fsp3) is 0.579. The average molecular weight is 357 g/mol. The Morgan fingerprint density at radius 2 is 2.08 bits per heavy atom. The van der Waals surface area contributed by atoms with Crippen molar-refractivity contribution >= 4 is 11.5 Å². The first-order chi connectivity index (χ1) is 12.5. The normalized spacial score (nSPS) is 23.7. The molecule has 0 aromatic carbocycles. The first kappa shape index (κ1) is 17.1. The molecule has 0 radical (unpaired) electrons. The van der Waals surface area contributed by atoms with Gasteiger partial charge in [0.25, 0.3) is 5.56 Å². The molecule has 2 atom stereocenters. The summed E-state index contributed by atoms with van der Waals surface area (Å²) in [6.45, 7) is 7.34. The Labute approximate surface area is 153 Å². The number of aromatic amines is 1. The van der Waals surface area contributed by atoms with Crippen LogP contribution < -0.4 is 15.4 Å². The van der Waals surface area contributed by atoms with Gasteiger partial charge in [0.1, 0.15) is 5.82 Å². The Kier molecular flexibility index (Phi) is 4.48. The fourth-order valence-corrected chi connectivity index (χ4v) is 4.06. The maximum Gasteiger partial charge on any atom is 0.251 e. The van der Waals surface area contributed by atoms with E-state index in [0.717, 1.165) is 48.8 Å². The molecule has 0 spiro atoms. The lowest BCUT2D eigenvalue weighted by molar-refractivity contribution is 0.0989. The molecule has 0 aliphatic carbocycles. The van der Waals surface area contributed by atoms with E-state index in [2.05, 4.69) is 45.9 Å². The smallest absolute Gasteiger partial charge is 0.251 e. The van der Waals surface area contributed by atoms with Crippen LogP contribution in [0.3, 0.4) is 0 Å². The molecule has 140 valence electrons. The van der Waals surface area contributed by atoms with Crippen LogP contribution in [0.4, 0.5) is 11.5 Å². The lowest BCUT2D eigenvalue weighted by atomic mass is 10.1. The summed E-state index contributed by atoms with van der Waals surface area (Å²) < 4.78 is 7.45. The SMILES string of the molecule is Cc1cc([C@H]2CCCN2c2cc(N3CCOC[C@H]3C)cc(=O)[nH]2)nn1C. The van der Waals surface area contributed by atoms with Crippen LogP contribution in [0.2, 0.25) is 0 Å². The van der Waals surface area contributed by atoms with Crippen LogP contribution in [0, 0.1) is 6.92 Å². The minimum absolute atomic E-state index is 0.0564. The predicted octanol–water partition coefficient (Wildman–Crippen LogP) is 1.98. The molecule has 1 N–H and O–H groups in total. The number of hydrogen-bond donors (Lipinski definition) is 1. The molecule has 2 aromatic heterocycles. The molecule has 0 amide bonds. The maximum atomic E-state index is 12.4. The average Bonchev–Trinajstić information content (AvgIpc) is 3.22. The second-order valence-electron chi connectivity index (χ2n) is 7.39. The van der Waals surface area contributed by atoms with E-state index in [1.165, 1.54) is 0 Å². The molecule has 7 heteroatoms. The second kappa shape index (κ2) is 6.79. The number of rotatable bonds is 3. The van der Waals surface area contributed by atoms with Gasteiger partial charge in [-0.3, -0.25) is 9.48 Å². The van der Waals surface area contributed by atoms with Gasteiger partial charge in [-0.05, 0) is 32.8 Å². The third kappa shape index (κ3) is 3.11. The van der Waals surface area contributed by atoms with Crippen molar-refractivity contribution < 1.29 is 4.74 Å². The molecule has 2 aliphatic rings. The van der Waals surface area contributed by atoms with Crippen molar-refractivity contribution in [1.29, 1.82) is 0 Å². The van der Waals surface area contributed by atoms with Crippen LogP contribution in [-0.2, 0) is 11.8 Å². The first-order valence-electron chi connectivity index (χ1n) is 9.39. The highest BCUT2D eigenvalue weighted by Crippen LogP contribution is 2.35. The largest absolute Gasteiger partial charge is 0.377 e. The van der Waals surface area contributed by atoms with Gasteiger partial charge in [-0.1, -0.05) is 0 Å². The lowest BCUT2D eigenvalue weighted by Gasteiger charge is -2.35. The number of nitrogens with zero attached hydrogens (tertiary/aromatic N) is 4. The number of nitrogens with one attached hydrogen (secondary N) is 1. The monoisotopic (exact) mass is 357 g/mol. The Balaban J connectivity index is 1.67. The van der Waals surface area contributed by atoms with Gasteiger partial charge in [-0.15, -0.1) is 0 Å². The van der Waals surface area contributed by atoms with Crippen molar-refractivity contribution in [2.75, 3.05) is 36.1 Å². The third-order valence-electron chi connectivity index (χ3n) is 5.55. The summed E-state index contributed by atoms with van der Waals surface area (Å²) in [6.07, 6.45) is 2.15. The Morgan fingerprint density at radius 1 is 1.23 bits per heavy atom. The molecule has 0 bridgehead atoms. The van der Waals surface area contributed by atoms with Crippen molar-refractivity contribution in [3.8, 4) is 0 Å². The molecule has 2 fully saturated rings. The van der Waals surface area contributed by atoms with Crippen LogP contribution in [0.1, 0.15) is 37.2 Å². The highest BCUT2D eigenvalue weighted by molar-refractivity contribution is 5.57. The van der Waals surface area contributed by atoms with Crippen LogP contribution in [0.5, 0.6) is 0 Å². The van der Waals surface area contributed by atoms with E-state index in [0.29, 0.717) is 13.2 Å². The van der Waals surface area contributed by atoms with Crippen LogP contribution in [0.25, 0.3) is 0 Å². The third-order valence-corrected chi connectivity index (χ3v) is 5.55. The van der Waals surface area contributed by atoms with Gasteiger partial charge in [0, 0.05) is 49.7 Å². The number of hydrogen-bond acceptors (Lipinski definition) is 5. The summed E-state index contributed by atoms with van der Waals surface area (Å²) in [6, 6.07) is 6.43. The van der Waals surface area contributed by atoms with Crippen LogP contribution in [0.15, 0.2) is 23.0 Å². The molecule has 4 rings (SSSR count). The molecular formula is C19H27N5O2. The van der Waals surface area contributed by atoms with Gasteiger partial charge in [0.05, 0.1) is 24.9 Å². The van der Waals surface area contributed by atoms with Crippen molar-refractivity contribution in [3.63, 3.8) is 0 Å². The molecular weight excluding hydrogens is 330 g/mol. The van der Waals surface area contributed by atoms with Gasteiger partial charge < -0.3 is 19.5 Å². The number of pyridine rings is 1. The summed E-state index contributed by atoms with van der Waals surface area (Å²) in [7, 11) is 1.97. The zero-order valence-electron chi connectivity index (χ0n) is 15.7. The van der Waals surface area contributed by atoms with Gasteiger partial charge in [0.2, 0.25) is 0 Å². The van der Waals surface area contributed by atoms with Crippen molar-refractivity contribution in [3.05, 3.63) is 39.9 Å². The summed E-state index contributed by atoms with van der Waals surface area (Å²) >= 11 is 0. The van der Waals surface area contributed by atoms with E-state index in [-0.39, 0.29) is 17.6 Å². The zero-order valence-corrected chi connectivity index (χ0v) is 15.7. The quantitative estimate of drug-likeness (QED) is 0.910. The fourth-order valence-electron chi connectivity index (χ4n) is 4.06. The summed E-state index contributed by atoms with van der Waals surface area (Å²) in [5, 5.41) is 4.67. The second-order valence-corrected chi connectivity index (χ2v) is 7.39. The highest BCUT2D eigenvalue weighted by Gasteiger charge is 2.30. The van der Waals surface area contributed by atoms with E-state index in [9.17, 15) is 4.79 Å². The minimum atomic E-state index is -0.0564. The highest BCUT2D eigenvalue weighted by atomic mass is 16.5. The van der Waals surface area contributed by atoms with E-state index >= 15 is 0 Å². The number of aryl methyl sites for hydroxylation is 2. The minimum Gasteiger partial charge on any atom is -0.377 e. The van der Waals surface area contributed by atoms with Crippen LogP contribution in [-0.4, -0.2) is 47.1 Å². The van der Waals surface area contributed by atoms with Crippen molar-refractivity contribution in [1.82, 2.24) is 14.8 Å². The lowest BCUT2D eigenvalue weighted by Crippen LogP contribution is -2.44. The van der Waals surface area contributed by atoms with Gasteiger partial charge in [0.15, 0.2) is 0 Å². The Bertz CT molecular complexity index is 823. The molecule has 0 unspecified atom stereocenters. The summed E-state index contributed by atoms with van der Waals surface area (Å²) in [5.74, 6) is 0.886. The molecule has 0 saturated carbocycles. The molecule has 2 aliphatic heterocycles. The summed E-state index contributed by atoms with van der Waals surface area (Å²) in [4.78, 5) is 20.0.